The molecule has 2 heterocycles. The Hall–Kier alpha value is -3.05. The first-order valence-electron chi connectivity index (χ1n) is 10.9. The lowest BCUT2D eigenvalue weighted by Crippen LogP contribution is -2.16. The smallest absolute Gasteiger partial charge is 0.341 e. The lowest BCUT2D eigenvalue weighted by Gasteiger charge is -2.09. The number of amides is 1. The van der Waals surface area contributed by atoms with Gasteiger partial charge in [-0.05, 0) is 48.4 Å². The van der Waals surface area contributed by atoms with E-state index >= 15 is 0 Å². The first kappa shape index (κ1) is 27.0. The second kappa shape index (κ2) is 12.0. The van der Waals surface area contributed by atoms with Crippen LogP contribution in [0.4, 0.5) is 5.00 Å². The summed E-state index contributed by atoms with van der Waals surface area (Å²) in [6.07, 6.45) is 0. The Morgan fingerprint density at radius 2 is 1.89 bits per heavy atom. The zero-order chi connectivity index (χ0) is 26.5. The first-order valence-corrected chi connectivity index (χ1v) is 13.5. The summed E-state index contributed by atoms with van der Waals surface area (Å²) in [6, 6.07) is 12.5. The van der Waals surface area contributed by atoms with E-state index in [4.69, 9.17) is 32.7 Å². The van der Waals surface area contributed by atoms with Crippen LogP contribution in [0, 0.1) is 6.92 Å². The minimum atomic E-state index is -0.539. The van der Waals surface area contributed by atoms with Crippen molar-refractivity contribution in [2.45, 2.75) is 18.7 Å². The molecule has 0 fully saturated rings. The maximum absolute atomic E-state index is 12.7. The highest BCUT2D eigenvalue weighted by molar-refractivity contribution is 7.99. The van der Waals surface area contributed by atoms with Gasteiger partial charge in [0.15, 0.2) is 11.0 Å². The molecule has 0 radical (unpaired) electrons. The zero-order valence-corrected chi connectivity index (χ0v) is 23.2. The van der Waals surface area contributed by atoms with Crippen molar-refractivity contribution in [2.24, 2.45) is 7.05 Å². The van der Waals surface area contributed by atoms with Crippen LogP contribution in [0.25, 0.3) is 11.1 Å². The van der Waals surface area contributed by atoms with Crippen molar-refractivity contribution in [2.75, 3.05) is 18.2 Å². The van der Waals surface area contributed by atoms with Gasteiger partial charge in [0.2, 0.25) is 5.91 Å². The van der Waals surface area contributed by atoms with E-state index in [1.807, 2.05) is 25.1 Å². The Balaban J connectivity index is 1.39. The molecule has 0 aliphatic heterocycles. The molecule has 8 nitrogen and oxygen atoms in total. The third-order valence-electron chi connectivity index (χ3n) is 5.34. The molecule has 1 amide bonds. The molecular weight excluding hydrogens is 555 g/mol. The number of hydrogen-bond donors (Lipinski definition) is 1. The molecule has 4 rings (SSSR count). The molecule has 0 saturated carbocycles. The van der Waals surface area contributed by atoms with E-state index in [0.29, 0.717) is 42.9 Å². The number of carbonyl (C=O) groups excluding carboxylic acids is 2. The monoisotopic (exact) mass is 576 g/mol. The van der Waals surface area contributed by atoms with Gasteiger partial charge in [-0.3, -0.25) is 4.79 Å². The Bertz CT molecular complexity index is 1440. The van der Waals surface area contributed by atoms with Crippen LogP contribution in [0.3, 0.4) is 0 Å². The average molecular weight is 578 g/mol. The fourth-order valence-corrected chi connectivity index (χ4v) is 5.29. The predicted molar refractivity (Wildman–Crippen MR) is 147 cm³/mol. The van der Waals surface area contributed by atoms with Gasteiger partial charge in [0, 0.05) is 28.0 Å². The summed E-state index contributed by atoms with van der Waals surface area (Å²) in [6.45, 7) is 2.11. The number of hydrogen-bond acceptors (Lipinski definition) is 8. The Morgan fingerprint density at radius 3 is 2.59 bits per heavy atom. The summed E-state index contributed by atoms with van der Waals surface area (Å²) in [5.41, 5.74) is 2.66. The quantitative estimate of drug-likeness (QED) is 0.186. The maximum atomic E-state index is 12.7. The Morgan fingerprint density at radius 1 is 1.14 bits per heavy atom. The van der Waals surface area contributed by atoms with Gasteiger partial charge in [-0.2, -0.15) is 0 Å². The van der Waals surface area contributed by atoms with E-state index in [2.05, 4.69) is 15.5 Å². The lowest BCUT2D eigenvalue weighted by molar-refractivity contribution is -0.113. The van der Waals surface area contributed by atoms with Gasteiger partial charge in [-0.25, -0.2) is 4.79 Å². The number of anilines is 1. The van der Waals surface area contributed by atoms with E-state index < -0.39 is 5.97 Å². The Kier molecular flexibility index (Phi) is 8.75. The minimum absolute atomic E-state index is 0.0675. The highest BCUT2D eigenvalue weighted by Crippen LogP contribution is 2.36. The number of ether oxygens (including phenoxy) is 2. The fraction of sp³-hybridized carbons (Fsp3) is 0.200. The van der Waals surface area contributed by atoms with Crippen molar-refractivity contribution in [1.82, 2.24) is 14.8 Å². The summed E-state index contributed by atoms with van der Waals surface area (Å²) >= 11 is 14.5. The molecule has 192 valence electrons. The molecule has 0 aliphatic rings. The molecule has 0 atom stereocenters. The summed E-state index contributed by atoms with van der Waals surface area (Å²) in [5, 5.41) is 15.2. The van der Waals surface area contributed by atoms with Gasteiger partial charge in [0.05, 0.1) is 12.9 Å². The molecule has 0 aliphatic carbocycles. The molecule has 0 unspecified atom stereocenters. The molecule has 2 aromatic heterocycles. The number of rotatable bonds is 9. The van der Waals surface area contributed by atoms with Crippen molar-refractivity contribution in [3.05, 3.63) is 74.8 Å². The normalized spacial score (nSPS) is 10.8. The SMILES string of the molecule is COC(=O)c1c(-c2ccc(Cl)cc2)csc1NC(=O)CSc1nnc(COc2ccc(Cl)c(C)c2)n1C. The molecule has 0 saturated heterocycles. The second-order valence-electron chi connectivity index (χ2n) is 7.85. The Labute approximate surface area is 231 Å². The highest BCUT2D eigenvalue weighted by atomic mass is 35.5. The van der Waals surface area contributed by atoms with E-state index in [-0.39, 0.29) is 18.3 Å². The molecule has 37 heavy (non-hydrogen) atoms. The van der Waals surface area contributed by atoms with Crippen molar-refractivity contribution in [3.63, 3.8) is 0 Å². The number of benzene rings is 2. The van der Waals surface area contributed by atoms with Gasteiger partial charge >= 0.3 is 5.97 Å². The van der Waals surface area contributed by atoms with E-state index in [1.165, 1.54) is 30.2 Å². The number of nitrogens with zero attached hydrogens (tertiary/aromatic N) is 3. The fourth-order valence-electron chi connectivity index (χ4n) is 3.34. The largest absolute Gasteiger partial charge is 0.486 e. The van der Waals surface area contributed by atoms with Crippen LogP contribution in [-0.2, 0) is 23.2 Å². The van der Waals surface area contributed by atoms with Crippen molar-refractivity contribution in [1.29, 1.82) is 0 Å². The molecule has 2 aromatic carbocycles. The number of thioether (sulfide) groups is 1. The first-order chi connectivity index (χ1) is 17.8. The van der Waals surface area contributed by atoms with Crippen LogP contribution >= 0.6 is 46.3 Å². The standard InChI is InChI=1S/C25H22Cl2N4O4S2/c1-14-10-17(8-9-19(14)27)35-11-20-29-30-25(31(20)2)37-13-21(32)28-23-22(24(33)34-3)18(12-36-23)15-4-6-16(26)7-5-15/h4-10,12H,11,13H2,1-3H3,(H,28,32). The number of carbonyl (C=O) groups is 2. The third-order valence-corrected chi connectivity index (χ3v) is 7.94. The van der Waals surface area contributed by atoms with E-state index in [9.17, 15) is 9.59 Å². The van der Waals surface area contributed by atoms with E-state index in [1.54, 1.807) is 41.3 Å². The van der Waals surface area contributed by atoms with Gasteiger partial charge in [-0.15, -0.1) is 21.5 Å². The number of thiophene rings is 1. The summed E-state index contributed by atoms with van der Waals surface area (Å²) in [7, 11) is 3.11. The number of esters is 1. The van der Waals surface area contributed by atoms with E-state index in [0.717, 1.165) is 11.1 Å². The number of aromatic nitrogens is 3. The predicted octanol–water partition coefficient (Wildman–Crippen LogP) is 6.26. The van der Waals surface area contributed by atoms with Crippen LogP contribution in [0.5, 0.6) is 5.75 Å². The lowest BCUT2D eigenvalue weighted by atomic mass is 10.0. The van der Waals surface area contributed by atoms with Crippen LogP contribution in [-0.4, -0.2) is 39.5 Å². The maximum Gasteiger partial charge on any atom is 0.341 e. The van der Waals surface area contributed by atoms with Crippen LogP contribution < -0.4 is 10.1 Å². The van der Waals surface area contributed by atoms with Crippen LogP contribution in [0.15, 0.2) is 53.0 Å². The highest BCUT2D eigenvalue weighted by Gasteiger charge is 2.23. The zero-order valence-electron chi connectivity index (χ0n) is 20.1. The molecule has 0 bridgehead atoms. The minimum Gasteiger partial charge on any atom is -0.486 e. The van der Waals surface area contributed by atoms with Crippen molar-refractivity contribution in [3.8, 4) is 16.9 Å². The number of nitrogens with one attached hydrogen (secondary N) is 1. The molecule has 4 aromatic rings. The third kappa shape index (κ3) is 6.45. The van der Waals surface area contributed by atoms with Crippen molar-refractivity contribution >= 4 is 63.2 Å². The topological polar surface area (TPSA) is 95.3 Å². The summed E-state index contributed by atoms with van der Waals surface area (Å²) in [5.74, 6) is 0.515. The number of halogens is 2. The van der Waals surface area contributed by atoms with Gasteiger partial charge in [-0.1, -0.05) is 47.1 Å². The molecule has 0 spiro atoms. The van der Waals surface area contributed by atoms with Crippen LogP contribution in [0.2, 0.25) is 10.0 Å². The van der Waals surface area contributed by atoms with Gasteiger partial charge in [0.25, 0.3) is 0 Å². The van der Waals surface area contributed by atoms with Crippen LogP contribution in [0.1, 0.15) is 21.7 Å². The second-order valence-corrected chi connectivity index (χ2v) is 10.5. The number of methoxy groups -OCH3 is 1. The number of aryl methyl sites for hydroxylation is 1. The van der Waals surface area contributed by atoms with Gasteiger partial charge < -0.3 is 19.4 Å². The molecule has 1 N–H and O–H groups in total. The summed E-state index contributed by atoms with van der Waals surface area (Å²) < 4.78 is 12.5. The van der Waals surface area contributed by atoms with Crippen molar-refractivity contribution < 1.29 is 19.1 Å². The average Bonchev–Trinajstić information content (AvgIpc) is 3.46. The molecular formula is C25H22Cl2N4O4S2. The molecule has 12 heteroatoms. The summed E-state index contributed by atoms with van der Waals surface area (Å²) in [4.78, 5) is 25.3. The van der Waals surface area contributed by atoms with Gasteiger partial charge in [0.1, 0.15) is 22.9 Å².